The maximum absolute atomic E-state index is 5.26. The van der Waals surface area contributed by atoms with Crippen LogP contribution in [-0.2, 0) is 4.74 Å². The quantitative estimate of drug-likeness (QED) is 0.759. The number of ether oxygens (including phenoxy) is 1. The van der Waals surface area contributed by atoms with E-state index in [-0.39, 0.29) is 6.10 Å². The summed E-state index contributed by atoms with van der Waals surface area (Å²) < 4.78 is 10.2. The Labute approximate surface area is 83.8 Å². The molecule has 0 saturated heterocycles. The van der Waals surface area contributed by atoms with E-state index in [1.807, 2.05) is 6.92 Å². The Kier molecular flexibility index (Phi) is 4.39. The summed E-state index contributed by atoms with van der Waals surface area (Å²) in [4.78, 5) is 4.18. The Morgan fingerprint density at radius 1 is 1.50 bits per heavy atom. The van der Waals surface area contributed by atoms with E-state index in [0.717, 1.165) is 19.4 Å². The van der Waals surface area contributed by atoms with Crippen LogP contribution in [-0.4, -0.2) is 23.8 Å². The van der Waals surface area contributed by atoms with E-state index >= 15 is 0 Å². The number of aromatic nitrogens is 2. The van der Waals surface area contributed by atoms with Crippen molar-refractivity contribution in [3.05, 3.63) is 5.82 Å². The minimum absolute atomic E-state index is 0.0591. The SMILES string of the molecule is CCCC(OC)c1noc(NCC)n1. The first-order valence-corrected chi connectivity index (χ1v) is 4.92. The van der Waals surface area contributed by atoms with Gasteiger partial charge >= 0.3 is 6.01 Å². The van der Waals surface area contributed by atoms with E-state index in [9.17, 15) is 0 Å². The van der Waals surface area contributed by atoms with Gasteiger partial charge in [0.25, 0.3) is 0 Å². The van der Waals surface area contributed by atoms with Crippen LogP contribution in [0.3, 0.4) is 0 Å². The highest BCUT2D eigenvalue weighted by molar-refractivity contribution is 5.17. The van der Waals surface area contributed by atoms with Crippen molar-refractivity contribution in [3.8, 4) is 0 Å². The lowest BCUT2D eigenvalue weighted by Crippen LogP contribution is -2.03. The molecule has 14 heavy (non-hydrogen) atoms. The molecule has 0 aromatic carbocycles. The summed E-state index contributed by atoms with van der Waals surface area (Å²) in [5.74, 6) is 0.616. The second-order valence-corrected chi connectivity index (χ2v) is 3.00. The molecule has 0 aliphatic heterocycles. The largest absolute Gasteiger partial charge is 0.373 e. The zero-order chi connectivity index (χ0) is 10.4. The van der Waals surface area contributed by atoms with Crippen LogP contribution in [0.15, 0.2) is 4.52 Å². The van der Waals surface area contributed by atoms with Gasteiger partial charge < -0.3 is 14.6 Å². The molecule has 0 fully saturated rings. The van der Waals surface area contributed by atoms with Gasteiger partial charge in [-0.1, -0.05) is 18.5 Å². The predicted molar refractivity (Wildman–Crippen MR) is 53.1 cm³/mol. The molecular weight excluding hydrogens is 182 g/mol. The number of nitrogens with one attached hydrogen (secondary N) is 1. The Morgan fingerprint density at radius 2 is 2.29 bits per heavy atom. The van der Waals surface area contributed by atoms with E-state index in [2.05, 4.69) is 22.4 Å². The van der Waals surface area contributed by atoms with Gasteiger partial charge in [0.1, 0.15) is 6.10 Å². The van der Waals surface area contributed by atoms with Crippen LogP contribution < -0.4 is 5.32 Å². The summed E-state index contributed by atoms with van der Waals surface area (Å²) in [6.07, 6.45) is 1.88. The second kappa shape index (κ2) is 5.59. The molecule has 1 N–H and O–H groups in total. The third kappa shape index (κ3) is 2.70. The molecule has 1 heterocycles. The number of anilines is 1. The number of hydrogen-bond donors (Lipinski definition) is 1. The van der Waals surface area contributed by atoms with Crippen molar-refractivity contribution in [1.82, 2.24) is 10.1 Å². The molecule has 80 valence electrons. The van der Waals surface area contributed by atoms with E-state index < -0.39 is 0 Å². The van der Waals surface area contributed by atoms with Crippen molar-refractivity contribution in [2.75, 3.05) is 19.0 Å². The van der Waals surface area contributed by atoms with Crippen molar-refractivity contribution >= 4 is 6.01 Å². The first-order chi connectivity index (χ1) is 6.81. The molecule has 5 nitrogen and oxygen atoms in total. The average Bonchev–Trinajstić information content (AvgIpc) is 2.63. The van der Waals surface area contributed by atoms with Gasteiger partial charge in [-0.15, -0.1) is 0 Å². The lowest BCUT2D eigenvalue weighted by molar-refractivity contribution is 0.0854. The fourth-order valence-corrected chi connectivity index (χ4v) is 1.20. The van der Waals surface area contributed by atoms with Gasteiger partial charge in [0, 0.05) is 13.7 Å². The summed E-state index contributed by atoms with van der Waals surface area (Å²) in [6, 6.07) is 0.459. The zero-order valence-electron chi connectivity index (χ0n) is 8.91. The molecule has 1 rings (SSSR count). The van der Waals surface area contributed by atoms with Crippen molar-refractivity contribution in [2.24, 2.45) is 0 Å². The van der Waals surface area contributed by atoms with Gasteiger partial charge in [-0.2, -0.15) is 4.98 Å². The van der Waals surface area contributed by atoms with Crippen LogP contribution >= 0.6 is 0 Å². The maximum Gasteiger partial charge on any atom is 0.321 e. The third-order valence-corrected chi connectivity index (χ3v) is 1.89. The first kappa shape index (κ1) is 11.0. The second-order valence-electron chi connectivity index (χ2n) is 3.00. The summed E-state index contributed by atoms with van der Waals surface area (Å²) >= 11 is 0. The van der Waals surface area contributed by atoms with Crippen LogP contribution in [0, 0.1) is 0 Å². The minimum atomic E-state index is -0.0591. The highest BCUT2D eigenvalue weighted by Gasteiger charge is 2.16. The van der Waals surface area contributed by atoms with Crippen molar-refractivity contribution in [3.63, 3.8) is 0 Å². The Hall–Kier alpha value is -1.10. The molecule has 0 aliphatic carbocycles. The lowest BCUT2D eigenvalue weighted by Gasteiger charge is -2.08. The monoisotopic (exact) mass is 199 g/mol. The number of hydrogen-bond acceptors (Lipinski definition) is 5. The maximum atomic E-state index is 5.26. The zero-order valence-corrected chi connectivity index (χ0v) is 8.91. The van der Waals surface area contributed by atoms with E-state index in [1.54, 1.807) is 7.11 Å². The van der Waals surface area contributed by atoms with Crippen molar-refractivity contribution < 1.29 is 9.26 Å². The van der Waals surface area contributed by atoms with Gasteiger partial charge in [-0.05, 0) is 13.3 Å². The Balaban J connectivity index is 2.63. The molecule has 1 unspecified atom stereocenters. The molecule has 0 amide bonds. The van der Waals surface area contributed by atoms with Crippen molar-refractivity contribution in [1.29, 1.82) is 0 Å². The van der Waals surface area contributed by atoms with Crippen molar-refractivity contribution in [2.45, 2.75) is 32.8 Å². The molecular formula is C9H17N3O2. The highest BCUT2D eigenvalue weighted by Crippen LogP contribution is 2.19. The number of nitrogens with zero attached hydrogens (tertiary/aromatic N) is 2. The molecule has 0 saturated carbocycles. The highest BCUT2D eigenvalue weighted by atomic mass is 16.5. The van der Waals surface area contributed by atoms with Crippen LogP contribution in [0.2, 0.25) is 0 Å². The Morgan fingerprint density at radius 3 is 2.86 bits per heavy atom. The molecule has 5 heteroatoms. The smallest absolute Gasteiger partial charge is 0.321 e. The van der Waals surface area contributed by atoms with Crippen LogP contribution in [0.5, 0.6) is 0 Å². The summed E-state index contributed by atoms with van der Waals surface area (Å²) in [5, 5.41) is 6.80. The normalized spacial score (nSPS) is 12.8. The predicted octanol–water partition coefficient (Wildman–Crippen LogP) is 1.99. The van der Waals surface area contributed by atoms with E-state index in [1.165, 1.54) is 0 Å². The van der Waals surface area contributed by atoms with E-state index in [0.29, 0.717) is 11.8 Å². The molecule has 0 radical (unpaired) electrons. The van der Waals surface area contributed by atoms with Gasteiger partial charge in [0.15, 0.2) is 0 Å². The van der Waals surface area contributed by atoms with E-state index in [4.69, 9.17) is 9.26 Å². The van der Waals surface area contributed by atoms with Crippen LogP contribution in [0.25, 0.3) is 0 Å². The van der Waals surface area contributed by atoms with Gasteiger partial charge in [0.05, 0.1) is 0 Å². The average molecular weight is 199 g/mol. The van der Waals surface area contributed by atoms with Crippen LogP contribution in [0.4, 0.5) is 6.01 Å². The molecule has 0 spiro atoms. The van der Waals surface area contributed by atoms with Gasteiger partial charge in [-0.25, -0.2) is 0 Å². The number of methoxy groups -OCH3 is 1. The summed E-state index contributed by atoms with van der Waals surface area (Å²) in [5.41, 5.74) is 0. The van der Waals surface area contributed by atoms with Gasteiger partial charge in [0.2, 0.25) is 5.82 Å². The molecule has 0 bridgehead atoms. The molecule has 0 aliphatic rings. The first-order valence-electron chi connectivity index (χ1n) is 4.92. The standard InChI is InChI=1S/C9H17N3O2/c1-4-6-7(13-3)8-11-9(10-5-2)14-12-8/h7H,4-6H2,1-3H3,(H,10,11,12). The molecule has 1 aromatic heterocycles. The van der Waals surface area contributed by atoms with Gasteiger partial charge in [-0.3, -0.25) is 0 Å². The lowest BCUT2D eigenvalue weighted by atomic mass is 10.2. The Bertz CT molecular complexity index is 262. The summed E-state index contributed by atoms with van der Waals surface area (Å²) in [6.45, 7) is 4.84. The number of rotatable bonds is 6. The molecule has 1 aromatic rings. The minimum Gasteiger partial charge on any atom is -0.373 e. The van der Waals surface area contributed by atoms with Crippen LogP contribution in [0.1, 0.15) is 38.6 Å². The third-order valence-electron chi connectivity index (χ3n) is 1.89. The summed E-state index contributed by atoms with van der Waals surface area (Å²) in [7, 11) is 1.66. The fraction of sp³-hybridized carbons (Fsp3) is 0.778. The fourth-order valence-electron chi connectivity index (χ4n) is 1.20. The topological polar surface area (TPSA) is 60.2 Å². The molecule has 1 atom stereocenters.